The summed E-state index contributed by atoms with van der Waals surface area (Å²) in [4.78, 5) is 21.3. The van der Waals surface area contributed by atoms with Crippen molar-refractivity contribution >= 4 is 17.4 Å². The summed E-state index contributed by atoms with van der Waals surface area (Å²) >= 11 is 0. The van der Waals surface area contributed by atoms with Gasteiger partial charge in [-0.15, -0.1) is 0 Å². The van der Waals surface area contributed by atoms with Crippen molar-refractivity contribution < 1.29 is 23.1 Å². The fourth-order valence-corrected chi connectivity index (χ4v) is 5.07. The number of aliphatic hydroxyl groups excluding tert-OH is 1. The van der Waals surface area contributed by atoms with E-state index in [2.05, 4.69) is 11.1 Å². The van der Waals surface area contributed by atoms with E-state index in [4.69, 9.17) is 5.26 Å². The standard InChI is InChI=1S/C27H31F3N4O2/c28-27(29,30)22-15-25(33-13-10-21(18-35)11-14-33)32-26(16-22)34-12-2-4-23(34)24(36)5-1-3-19-6-8-20(17-31)9-7-19/h6-9,15-16,21,23,35H,1-5,10-14,18H2/t23-/m0/s1. The maximum Gasteiger partial charge on any atom is 0.416 e. The maximum absolute atomic E-state index is 13.8. The van der Waals surface area contributed by atoms with Crippen molar-refractivity contribution in [3.8, 4) is 6.07 Å². The molecule has 6 nitrogen and oxygen atoms in total. The summed E-state index contributed by atoms with van der Waals surface area (Å²) in [5, 5.41) is 18.3. The van der Waals surface area contributed by atoms with Gasteiger partial charge in [-0.3, -0.25) is 4.79 Å². The molecule has 2 fully saturated rings. The van der Waals surface area contributed by atoms with Gasteiger partial charge in [0.25, 0.3) is 0 Å². The Balaban J connectivity index is 1.47. The van der Waals surface area contributed by atoms with Gasteiger partial charge in [-0.25, -0.2) is 4.98 Å². The highest BCUT2D eigenvalue weighted by atomic mass is 19.4. The van der Waals surface area contributed by atoms with Crippen molar-refractivity contribution in [2.45, 2.75) is 57.2 Å². The van der Waals surface area contributed by atoms with Crippen molar-refractivity contribution in [2.24, 2.45) is 5.92 Å². The van der Waals surface area contributed by atoms with E-state index in [-0.39, 0.29) is 29.9 Å². The van der Waals surface area contributed by atoms with Gasteiger partial charge in [-0.1, -0.05) is 12.1 Å². The van der Waals surface area contributed by atoms with Gasteiger partial charge < -0.3 is 14.9 Å². The highest BCUT2D eigenvalue weighted by Crippen LogP contribution is 2.36. The Morgan fingerprint density at radius 2 is 1.78 bits per heavy atom. The molecule has 1 aromatic carbocycles. The van der Waals surface area contributed by atoms with Crippen molar-refractivity contribution in [1.29, 1.82) is 5.26 Å². The summed E-state index contributed by atoms with van der Waals surface area (Å²) in [5.74, 6) is 0.657. The van der Waals surface area contributed by atoms with Crippen LogP contribution in [0.3, 0.4) is 0 Å². The molecule has 0 saturated carbocycles. The van der Waals surface area contributed by atoms with E-state index in [1.807, 2.05) is 17.0 Å². The Bertz CT molecular complexity index is 1090. The smallest absolute Gasteiger partial charge is 0.396 e. The number of aliphatic hydroxyl groups is 1. The van der Waals surface area contributed by atoms with Crippen LogP contribution in [0.15, 0.2) is 36.4 Å². The molecule has 1 aromatic heterocycles. The molecule has 0 radical (unpaired) electrons. The first kappa shape index (κ1) is 26.0. The maximum atomic E-state index is 13.8. The SMILES string of the molecule is N#Cc1ccc(CCCC(=O)[C@@H]2CCCN2c2cc(C(F)(F)F)cc(N3CCC(CO)CC3)n2)cc1. The van der Waals surface area contributed by atoms with Gasteiger partial charge in [0.15, 0.2) is 5.78 Å². The lowest BCUT2D eigenvalue weighted by Gasteiger charge is -2.33. The number of pyridine rings is 1. The number of nitriles is 1. The average Bonchev–Trinajstić information content (AvgIpc) is 3.39. The number of benzene rings is 1. The Morgan fingerprint density at radius 3 is 2.42 bits per heavy atom. The molecule has 36 heavy (non-hydrogen) atoms. The Labute approximate surface area is 209 Å². The van der Waals surface area contributed by atoms with Crippen molar-refractivity contribution in [3.05, 3.63) is 53.1 Å². The molecular formula is C27H31F3N4O2. The van der Waals surface area contributed by atoms with E-state index < -0.39 is 17.8 Å². The molecule has 9 heteroatoms. The molecule has 0 unspecified atom stereocenters. The number of rotatable bonds is 8. The molecule has 2 saturated heterocycles. The van der Waals surface area contributed by atoms with Crippen LogP contribution < -0.4 is 9.80 Å². The Morgan fingerprint density at radius 1 is 1.08 bits per heavy atom. The predicted octanol–water partition coefficient (Wildman–Crippen LogP) is 4.74. The molecule has 3 heterocycles. The van der Waals surface area contributed by atoms with Gasteiger partial charge >= 0.3 is 6.18 Å². The zero-order chi connectivity index (χ0) is 25.7. The lowest BCUT2D eigenvalue weighted by molar-refractivity contribution is -0.137. The molecule has 1 N–H and O–H groups in total. The van der Waals surface area contributed by atoms with Crippen molar-refractivity contribution in [2.75, 3.05) is 36.0 Å². The number of ketones is 1. The Kier molecular flexibility index (Phi) is 8.14. The number of Topliss-reactive ketones (excluding diaryl/α,β-unsaturated/α-hetero) is 1. The second kappa shape index (κ2) is 11.3. The molecule has 2 aliphatic heterocycles. The number of anilines is 2. The third-order valence-electron chi connectivity index (χ3n) is 7.21. The first-order chi connectivity index (χ1) is 17.3. The minimum atomic E-state index is -4.52. The number of nitrogens with zero attached hydrogens (tertiary/aromatic N) is 4. The number of alkyl halides is 3. The van der Waals surface area contributed by atoms with Crippen LogP contribution in [0.1, 0.15) is 55.2 Å². The number of carbonyl (C=O) groups excluding carboxylic acids is 1. The van der Waals surface area contributed by atoms with Crippen LogP contribution in [-0.4, -0.2) is 48.2 Å². The minimum absolute atomic E-state index is 0.0191. The normalized spacial score (nSPS) is 18.9. The number of hydrogen-bond donors (Lipinski definition) is 1. The zero-order valence-corrected chi connectivity index (χ0v) is 20.2. The van der Waals surface area contributed by atoms with Crippen LogP contribution >= 0.6 is 0 Å². The molecule has 2 aromatic rings. The topological polar surface area (TPSA) is 80.5 Å². The van der Waals surface area contributed by atoms with E-state index in [1.54, 1.807) is 17.0 Å². The highest BCUT2D eigenvalue weighted by Gasteiger charge is 2.36. The molecule has 0 spiro atoms. The van der Waals surface area contributed by atoms with Gasteiger partial charge in [0, 0.05) is 32.7 Å². The number of aromatic nitrogens is 1. The van der Waals surface area contributed by atoms with Gasteiger partial charge in [0.1, 0.15) is 11.6 Å². The minimum Gasteiger partial charge on any atom is -0.396 e. The lowest BCUT2D eigenvalue weighted by Crippen LogP contribution is -2.38. The summed E-state index contributed by atoms with van der Waals surface area (Å²) in [6.07, 6.45) is -0.123. The summed E-state index contributed by atoms with van der Waals surface area (Å²) in [5.41, 5.74) is 0.868. The van der Waals surface area contributed by atoms with Crippen molar-refractivity contribution in [1.82, 2.24) is 4.98 Å². The highest BCUT2D eigenvalue weighted by molar-refractivity contribution is 5.87. The average molecular weight is 501 g/mol. The number of aryl methyl sites for hydroxylation is 1. The van der Waals surface area contributed by atoms with E-state index in [0.29, 0.717) is 63.7 Å². The third-order valence-corrected chi connectivity index (χ3v) is 7.21. The number of carbonyl (C=O) groups is 1. The van der Waals surface area contributed by atoms with E-state index in [9.17, 15) is 23.1 Å². The molecular weight excluding hydrogens is 469 g/mol. The molecule has 0 aliphatic carbocycles. The first-order valence-corrected chi connectivity index (χ1v) is 12.5. The fraction of sp³-hybridized carbons (Fsp3) is 0.519. The molecule has 0 amide bonds. The monoisotopic (exact) mass is 500 g/mol. The third kappa shape index (κ3) is 6.16. The van der Waals surface area contributed by atoms with Crippen LogP contribution in [0.5, 0.6) is 0 Å². The molecule has 192 valence electrons. The summed E-state index contributed by atoms with van der Waals surface area (Å²) in [6, 6.07) is 11.0. The zero-order valence-electron chi connectivity index (χ0n) is 20.2. The van der Waals surface area contributed by atoms with Crippen LogP contribution in [-0.2, 0) is 17.4 Å². The quantitative estimate of drug-likeness (QED) is 0.564. The second-order valence-electron chi connectivity index (χ2n) is 9.66. The van der Waals surface area contributed by atoms with Crippen molar-refractivity contribution in [3.63, 3.8) is 0 Å². The van der Waals surface area contributed by atoms with Gasteiger partial charge in [0.05, 0.1) is 23.2 Å². The number of halogens is 3. The molecule has 0 bridgehead atoms. The van der Waals surface area contributed by atoms with E-state index >= 15 is 0 Å². The fourth-order valence-electron chi connectivity index (χ4n) is 5.07. The first-order valence-electron chi connectivity index (χ1n) is 12.5. The van der Waals surface area contributed by atoms with Crippen LogP contribution in [0, 0.1) is 17.2 Å². The van der Waals surface area contributed by atoms with Gasteiger partial charge in [-0.2, -0.15) is 18.4 Å². The number of piperidine rings is 1. The molecule has 2 aliphatic rings. The van der Waals surface area contributed by atoms with Crippen LogP contribution in [0.2, 0.25) is 0 Å². The molecule has 1 atom stereocenters. The van der Waals surface area contributed by atoms with Crippen LogP contribution in [0.25, 0.3) is 0 Å². The van der Waals surface area contributed by atoms with E-state index in [1.165, 1.54) is 0 Å². The van der Waals surface area contributed by atoms with Gasteiger partial charge in [0.2, 0.25) is 0 Å². The van der Waals surface area contributed by atoms with E-state index in [0.717, 1.165) is 24.1 Å². The Hall–Kier alpha value is -3.12. The summed E-state index contributed by atoms with van der Waals surface area (Å²) in [7, 11) is 0. The largest absolute Gasteiger partial charge is 0.416 e. The predicted molar refractivity (Wildman–Crippen MR) is 131 cm³/mol. The molecule has 4 rings (SSSR count). The summed E-state index contributed by atoms with van der Waals surface area (Å²) in [6.45, 7) is 1.65. The lowest BCUT2D eigenvalue weighted by atomic mass is 9.98. The summed E-state index contributed by atoms with van der Waals surface area (Å²) < 4.78 is 41.3. The van der Waals surface area contributed by atoms with Crippen LogP contribution in [0.4, 0.5) is 24.8 Å². The van der Waals surface area contributed by atoms with Gasteiger partial charge in [-0.05, 0) is 74.3 Å². The second-order valence-corrected chi connectivity index (χ2v) is 9.66. The number of hydrogen-bond acceptors (Lipinski definition) is 6.